The van der Waals surface area contributed by atoms with Gasteiger partial charge in [-0.1, -0.05) is 30.0 Å². The Morgan fingerprint density at radius 1 is 0.903 bits per heavy atom. The highest BCUT2D eigenvalue weighted by Gasteiger charge is 2.21. The number of para-hydroxylation sites is 1. The van der Waals surface area contributed by atoms with E-state index in [9.17, 15) is 4.79 Å². The Labute approximate surface area is 183 Å². The first-order chi connectivity index (χ1) is 15.3. The van der Waals surface area contributed by atoms with Crippen LogP contribution in [-0.2, 0) is 4.79 Å². The Hall–Kier alpha value is -3.46. The number of rotatable bonds is 5. The number of benzene rings is 1. The van der Waals surface area contributed by atoms with Crippen molar-refractivity contribution in [1.82, 2.24) is 29.7 Å². The molecular formula is C22H21N7OS. The van der Waals surface area contributed by atoms with Crippen molar-refractivity contribution in [3.63, 3.8) is 0 Å². The molecule has 4 heterocycles. The highest BCUT2D eigenvalue weighted by molar-refractivity contribution is 7.99. The maximum Gasteiger partial charge on any atom is 0.233 e. The zero-order valence-corrected chi connectivity index (χ0v) is 17.6. The van der Waals surface area contributed by atoms with Crippen molar-refractivity contribution < 1.29 is 4.79 Å². The molecule has 156 valence electrons. The number of pyridine rings is 1. The second-order valence-electron chi connectivity index (χ2n) is 7.19. The fourth-order valence-corrected chi connectivity index (χ4v) is 4.37. The van der Waals surface area contributed by atoms with Crippen LogP contribution >= 0.6 is 11.8 Å². The number of anilines is 1. The molecule has 0 N–H and O–H groups in total. The third-order valence-electron chi connectivity index (χ3n) is 5.27. The summed E-state index contributed by atoms with van der Waals surface area (Å²) in [6.07, 6.45) is 3.43. The number of hydrogen-bond acceptors (Lipinski definition) is 7. The van der Waals surface area contributed by atoms with Crippen LogP contribution in [0.2, 0.25) is 0 Å². The van der Waals surface area contributed by atoms with Crippen LogP contribution in [0.5, 0.6) is 0 Å². The molecule has 0 unspecified atom stereocenters. The van der Waals surface area contributed by atoms with E-state index in [1.807, 2.05) is 47.4 Å². The number of thioether (sulfide) groups is 1. The molecule has 1 fully saturated rings. The van der Waals surface area contributed by atoms with Crippen molar-refractivity contribution in [3.8, 4) is 11.4 Å². The molecule has 1 aliphatic heterocycles. The molecule has 0 spiro atoms. The van der Waals surface area contributed by atoms with Gasteiger partial charge in [0.2, 0.25) is 5.91 Å². The van der Waals surface area contributed by atoms with Gasteiger partial charge in [-0.2, -0.15) is 9.61 Å². The van der Waals surface area contributed by atoms with Crippen molar-refractivity contribution in [2.45, 2.75) is 5.03 Å². The molecule has 1 saturated heterocycles. The molecule has 1 amide bonds. The normalized spacial score (nSPS) is 14.2. The molecule has 0 saturated carbocycles. The Balaban J connectivity index is 1.21. The lowest BCUT2D eigenvalue weighted by molar-refractivity contribution is -0.128. The van der Waals surface area contributed by atoms with Gasteiger partial charge < -0.3 is 9.80 Å². The number of carbonyl (C=O) groups is 1. The number of piperazine rings is 1. The van der Waals surface area contributed by atoms with Gasteiger partial charge in [0.15, 0.2) is 11.5 Å². The summed E-state index contributed by atoms with van der Waals surface area (Å²) in [6.45, 7) is 3.16. The predicted molar refractivity (Wildman–Crippen MR) is 120 cm³/mol. The Morgan fingerprint density at radius 2 is 1.68 bits per heavy atom. The highest BCUT2D eigenvalue weighted by Crippen LogP contribution is 2.21. The van der Waals surface area contributed by atoms with Crippen LogP contribution in [0.15, 0.2) is 72.0 Å². The topological polar surface area (TPSA) is 79.5 Å². The average Bonchev–Trinajstić information content (AvgIpc) is 3.27. The summed E-state index contributed by atoms with van der Waals surface area (Å²) in [4.78, 5) is 21.0. The fraction of sp³-hybridized carbons (Fsp3) is 0.227. The van der Waals surface area contributed by atoms with Crippen molar-refractivity contribution in [2.24, 2.45) is 0 Å². The van der Waals surface area contributed by atoms with E-state index in [4.69, 9.17) is 0 Å². The number of fused-ring (bicyclic) bond motifs is 1. The minimum atomic E-state index is 0.137. The third-order valence-corrected chi connectivity index (χ3v) is 6.18. The van der Waals surface area contributed by atoms with E-state index in [-0.39, 0.29) is 5.91 Å². The number of nitrogens with zero attached hydrogens (tertiary/aromatic N) is 7. The first-order valence-electron chi connectivity index (χ1n) is 10.1. The quantitative estimate of drug-likeness (QED) is 0.450. The van der Waals surface area contributed by atoms with Gasteiger partial charge in [-0.3, -0.25) is 9.78 Å². The molecule has 9 heteroatoms. The van der Waals surface area contributed by atoms with Gasteiger partial charge in [-0.05, 0) is 36.4 Å². The average molecular weight is 432 g/mol. The molecule has 0 bridgehead atoms. The largest absolute Gasteiger partial charge is 0.368 e. The first kappa shape index (κ1) is 19.5. The maximum atomic E-state index is 12.7. The number of aromatic nitrogens is 5. The van der Waals surface area contributed by atoms with Crippen LogP contribution < -0.4 is 4.90 Å². The lowest BCUT2D eigenvalue weighted by Crippen LogP contribution is -2.49. The van der Waals surface area contributed by atoms with Crippen molar-refractivity contribution in [3.05, 3.63) is 67.0 Å². The Kier molecular flexibility index (Phi) is 5.49. The lowest BCUT2D eigenvalue weighted by Gasteiger charge is -2.36. The molecule has 1 aliphatic rings. The molecule has 0 aliphatic carbocycles. The van der Waals surface area contributed by atoms with Crippen LogP contribution in [0.25, 0.3) is 17.0 Å². The van der Waals surface area contributed by atoms with E-state index in [0.29, 0.717) is 17.2 Å². The van der Waals surface area contributed by atoms with E-state index in [2.05, 4.69) is 37.3 Å². The van der Waals surface area contributed by atoms with Crippen LogP contribution in [0, 0.1) is 0 Å². The molecule has 0 radical (unpaired) electrons. The molecular weight excluding hydrogens is 410 g/mol. The van der Waals surface area contributed by atoms with Gasteiger partial charge >= 0.3 is 0 Å². The number of amides is 1. The zero-order valence-electron chi connectivity index (χ0n) is 16.8. The summed E-state index contributed by atoms with van der Waals surface area (Å²) in [6, 6.07) is 17.8. The summed E-state index contributed by atoms with van der Waals surface area (Å²) in [7, 11) is 0. The van der Waals surface area contributed by atoms with E-state index in [1.165, 1.54) is 17.4 Å². The molecule has 3 aromatic heterocycles. The number of hydrogen-bond donors (Lipinski definition) is 0. The summed E-state index contributed by atoms with van der Waals surface area (Å²) in [5, 5.41) is 13.8. The van der Waals surface area contributed by atoms with Crippen molar-refractivity contribution >= 4 is 29.0 Å². The van der Waals surface area contributed by atoms with Gasteiger partial charge in [0.1, 0.15) is 5.03 Å². The molecule has 0 atom stereocenters. The van der Waals surface area contributed by atoms with Crippen LogP contribution in [0.1, 0.15) is 0 Å². The highest BCUT2D eigenvalue weighted by atomic mass is 32.2. The predicted octanol–water partition coefficient (Wildman–Crippen LogP) is 2.63. The summed E-state index contributed by atoms with van der Waals surface area (Å²) < 4.78 is 1.71. The van der Waals surface area contributed by atoms with Gasteiger partial charge in [-0.15, -0.1) is 10.2 Å². The van der Waals surface area contributed by atoms with E-state index < -0.39 is 0 Å². The summed E-state index contributed by atoms with van der Waals surface area (Å²) >= 11 is 1.44. The minimum absolute atomic E-state index is 0.137. The Bertz CT molecular complexity index is 1170. The standard InChI is InChI=1S/C22H21N7OS/c30-21(28-14-12-27(13-15-28)18-4-2-1-3-5-18)16-31-20-7-6-19-24-25-22(29(19)26-20)17-8-10-23-11-9-17/h1-11H,12-16H2. The molecule has 5 rings (SSSR count). The van der Waals surface area contributed by atoms with Crippen LogP contribution in [-0.4, -0.2) is 67.5 Å². The first-order valence-corrected chi connectivity index (χ1v) is 11.1. The van der Waals surface area contributed by atoms with Crippen LogP contribution in [0.4, 0.5) is 5.69 Å². The SMILES string of the molecule is O=C(CSc1ccc2nnc(-c3ccncc3)n2n1)N1CCN(c2ccccc2)CC1. The second-order valence-corrected chi connectivity index (χ2v) is 8.19. The molecule has 1 aromatic carbocycles. The summed E-state index contributed by atoms with van der Waals surface area (Å²) in [5.74, 6) is 1.15. The van der Waals surface area contributed by atoms with Crippen molar-refractivity contribution in [2.75, 3.05) is 36.8 Å². The van der Waals surface area contributed by atoms with E-state index in [0.717, 1.165) is 36.8 Å². The lowest BCUT2D eigenvalue weighted by atomic mass is 10.2. The maximum absolute atomic E-state index is 12.7. The number of carbonyl (C=O) groups excluding carboxylic acids is 1. The van der Waals surface area contributed by atoms with E-state index >= 15 is 0 Å². The molecule has 8 nitrogen and oxygen atoms in total. The Morgan fingerprint density at radius 3 is 2.45 bits per heavy atom. The van der Waals surface area contributed by atoms with Gasteiger partial charge in [-0.25, -0.2) is 0 Å². The zero-order chi connectivity index (χ0) is 21.0. The smallest absolute Gasteiger partial charge is 0.233 e. The minimum Gasteiger partial charge on any atom is -0.368 e. The summed E-state index contributed by atoms with van der Waals surface area (Å²) in [5.41, 5.74) is 2.77. The van der Waals surface area contributed by atoms with Crippen molar-refractivity contribution in [1.29, 1.82) is 0 Å². The fourth-order valence-electron chi connectivity index (χ4n) is 3.61. The third kappa shape index (κ3) is 4.22. The van der Waals surface area contributed by atoms with Gasteiger partial charge in [0.25, 0.3) is 0 Å². The molecule has 4 aromatic rings. The monoisotopic (exact) mass is 431 g/mol. The molecule has 31 heavy (non-hydrogen) atoms. The van der Waals surface area contributed by atoms with Crippen LogP contribution in [0.3, 0.4) is 0 Å². The second kappa shape index (κ2) is 8.73. The van der Waals surface area contributed by atoms with Gasteiger partial charge in [0, 0.05) is 49.8 Å². The van der Waals surface area contributed by atoms with Gasteiger partial charge in [0.05, 0.1) is 5.75 Å². The van der Waals surface area contributed by atoms with E-state index in [1.54, 1.807) is 16.9 Å².